The zero-order valence-corrected chi connectivity index (χ0v) is 18.7. The van der Waals surface area contributed by atoms with Crippen molar-refractivity contribution < 1.29 is 14.3 Å². The average molecular weight is 443 g/mol. The number of ether oxygens (including phenoxy) is 2. The molecule has 1 fully saturated rings. The molecule has 0 aliphatic carbocycles. The van der Waals surface area contributed by atoms with E-state index < -0.39 is 5.79 Å². The number of carbonyl (C=O) groups is 1. The van der Waals surface area contributed by atoms with E-state index in [-0.39, 0.29) is 12.0 Å². The van der Waals surface area contributed by atoms with Crippen LogP contribution in [-0.2, 0) is 16.0 Å². The van der Waals surface area contributed by atoms with Gasteiger partial charge in [0.25, 0.3) is 5.91 Å². The number of hydrogen-bond acceptors (Lipinski definition) is 5. The predicted octanol–water partition coefficient (Wildman–Crippen LogP) is 4.21. The Morgan fingerprint density at radius 2 is 1.94 bits per heavy atom. The molecule has 2 aromatic heterocycles. The molecule has 1 atom stereocenters. The lowest BCUT2D eigenvalue weighted by Crippen LogP contribution is -2.39. The van der Waals surface area contributed by atoms with Crippen molar-refractivity contribution in [2.45, 2.75) is 32.3 Å². The van der Waals surface area contributed by atoms with Crippen LogP contribution in [-0.4, -0.2) is 50.6 Å². The van der Waals surface area contributed by atoms with Crippen LogP contribution < -0.4 is 0 Å². The first-order valence-corrected chi connectivity index (χ1v) is 11.0. The third kappa shape index (κ3) is 4.65. The van der Waals surface area contributed by atoms with E-state index in [9.17, 15) is 4.79 Å². The second kappa shape index (κ2) is 8.77. The van der Waals surface area contributed by atoms with Crippen LogP contribution in [0.25, 0.3) is 16.6 Å². The monoisotopic (exact) mass is 442 g/mol. The molecule has 7 nitrogen and oxygen atoms in total. The molecule has 1 aliphatic rings. The molecule has 0 radical (unpaired) electrons. The summed E-state index contributed by atoms with van der Waals surface area (Å²) in [7, 11) is 0. The zero-order chi connectivity index (χ0) is 22.8. The summed E-state index contributed by atoms with van der Waals surface area (Å²) in [5, 5.41) is 5.41. The Bertz CT molecular complexity index is 1270. The quantitative estimate of drug-likeness (QED) is 0.447. The average Bonchev–Trinajstić information content (AvgIpc) is 3.44. The summed E-state index contributed by atoms with van der Waals surface area (Å²) in [6, 6.07) is 21.3. The molecule has 1 unspecified atom stereocenters. The number of pyridine rings is 1. The molecule has 0 saturated carbocycles. The summed E-state index contributed by atoms with van der Waals surface area (Å²) in [4.78, 5) is 19.9. The van der Waals surface area contributed by atoms with Gasteiger partial charge in [-0.3, -0.25) is 9.78 Å². The van der Waals surface area contributed by atoms with Crippen LogP contribution in [0.2, 0.25) is 0 Å². The highest BCUT2D eigenvalue weighted by Crippen LogP contribution is 2.25. The van der Waals surface area contributed by atoms with E-state index in [2.05, 4.69) is 10.1 Å². The van der Waals surface area contributed by atoms with E-state index in [4.69, 9.17) is 9.47 Å². The Morgan fingerprint density at radius 1 is 1.09 bits per heavy atom. The number of nitrogens with zero attached hydrogens (tertiary/aromatic N) is 4. The lowest BCUT2D eigenvalue weighted by Gasteiger charge is -2.26. The van der Waals surface area contributed by atoms with Gasteiger partial charge in [0.2, 0.25) is 0 Å². The van der Waals surface area contributed by atoms with Gasteiger partial charge in [-0.1, -0.05) is 24.3 Å². The number of para-hydroxylation sites is 1. The van der Waals surface area contributed by atoms with Gasteiger partial charge in [-0.05, 0) is 56.3 Å². The minimum absolute atomic E-state index is 0.0742. The molecule has 33 heavy (non-hydrogen) atoms. The van der Waals surface area contributed by atoms with Crippen molar-refractivity contribution in [1.82, 2.24) is 19.7 Å². The number of amides is 1. The highest BCUT2D eigenvalue weighted by Gasteiger charge is 2.35. The first-order valence-electron chi connectivity index (χ1n) is 11.0. The van der Waals surface area contributed by atoms with Crippen molar-refractivity contribution >= 4 is 16.8 Å². The standard InChI is InChI=1S/C26H26N4O3/c1-26(2)32-18-23(33-26)17-29(16-22-12-14-28-30(22)21-8-4-3-5-9-21)25(31)20-10-11-24-19(15-20)7-6-13-27-24/h3-15,23H,16-18H2,1-2H3. The molecule has 4 aromatic rings. The number of carbonyl (C=O) groups excluding carboxylic acids is 1. The molecule has 7 heteroatoms. The third-order valence-electron chi connectivity index (χ3n) is 5.70. The fraction of sp³-hybridized carbons (Fsp3) is 0.269. The van der Waals surface area contributed by atoms with Crippen molar-refractivity contribution in [3.8, 4) is 5.69 Å². The summed E-state index contributed by atoms with van der Waals surface area (Å²) < 4.78 is 13.6. The first kappa shape index (κ1) is 21.3. The summed E-state index contributed by atoms with van der Waals surface area (Å²) in [6.45, 7) is 5.02. The topological polar surface area (TPSA) is 69.5 Å². The Balaban J connectivity index is 1.46. The zero-order valence-electron chi connectivity index (χ0n) is 18.7. The van der Waals surface area contributed by atoms with E-state index >= 15 is 0 Å². The van der Waals surface area contributed by atoms with Gasteiger partial charge in [0.15, 0.2) is 5.79 Å². The normalized spacial score (nSPS) is 17.3. The molecule has 1 amide bonds. The smallest absolute Gasteiger partial charge is 0.254 e. The van der Waals surface area contributed by atoms with E-state index in [1.807, 2.05) is 90.2 Å². The van der Waals surface area contributed by atoms with Crippen LogP contribution in [0.3, 0.4) is 0 Å². The summed E-state index contributed by atoms with van der Waals surface area (Å²) >= 11 is 0. The molecule has 0 spiro atoms. The Kier molecular flexibility index (Phi) is 5.66. The number of aromatic nitrogens is 3. The summed E-state index contributed by atoms with van der Waals surface area (Å²) in [5.74, 6) is -0.727. The van der Waals surface area contributed by atoms with E-state index in [0.29, 0.717) is 25.3 Å². The van der Waals surface area contributed by atoms with Gasteiger partial charge in [0.05, 0.1) is 36.6 Å². The molecule has 1 aliphatic heterocycles. The Labute approximate surface area is 192 Å². The van der Waals surface area contributed by atoms with Crippen molar-refractivity contribution in [2.75, 3.05) is 13.2 Å². The number of hydrogen-bond donors (Lipinski definition) is 0. The summed E-state index contributed by atoms with van der Waals surface area (Å²) in [6.07, 6.45) is 3.30. The van der Waals surface area contributed by atoms with Crippen LogP contribution in [0, 0.1) is 0 Å². The maximum absolute atomic E-state index is 13.7. The molecule has 1 saturated heterocycles. The van der Waals surface area contributed by atoms with Crippen LogP contribution in [0.4, 0.5) is 0 Å². The number of benzene rings is 2. The predicted molar refractivity (Wildman–Crippen MR) is 125 cm³/mol. The van der Waals surface area contributed by atoms with Crippen LogP contribution in [0.5, 0.6) is 0 Å². The van der Waals surface area contributed by atoms with Gasteiger partial charge in [0.1, 0.15) is 6.10 Å². The van der Waals surface area contributed by atoms with Gasteiger partial charge in [-0.2, -0.15) is 5.10 Å². The molecule has 5 rings (SSSR count). The largest absolute Gasteiger partial charge is 0.348 e. The highest BCUT2D eigenvalue weighted by molar-refractivity contribution is 5.97. The fourth-order valence-electron chi connectivity index (χ4n) is 4.16. The molecular formula is C26H26N4O3. The number of rotatable bonds is 6. The van der Waals surface area contributed by atoms with Crippen molar-refractivity contribution in [2.24, 2.45) is 0 Å². The second-order valence-electron chi connectivity index (χ2n) is 8.62. The van der Waals surface area contributed by atoms with Gasteiger partial charge >= 0.3 is 0 Å². The molecular weight excluding hydrogens is 416 g/mol. The fourth-order valence-corrected chi connectivity index (χ4v) is 4.16. The SMILES string of the molecule is CC1(C)OCC(CN(Cc2ccnn2-c2ccccc2)C(=O)c2ccc3ncccc3c2)O1. The number of fused-ring (bicyclic) bond motifs is 1. The second-order valence-corrected chi connectivity index (χ2v) is 8.62. The molecule has 3 heterocycles. The molecule has 0 N–H and O–H groups in total. The van der Waals surface area contributed by atoms with E-state index in [0.717, 1.165) is 22.3 Å². The van der Waals surface area contributed by atoms with Crippen molar-refractivity contribution in [1.29, 1.82) is 0 Å². The third-order valence-corrected chi connectivity index (χ3v) is 5.70. The maximum atomic E-state index is 13.7. The minimum Gasteiger partial charge on any atom is -0.348 e. The Morgan fingerprint density at radius 3 is 2.73 bits per heavy atom. The van der Waals surface area contributed by atoms with Crippen LogP contribution >= 0.6 is 0 Å². The van der Waals surface area contributed by atoms with Gasteiger partial charge in [-0.15, -0.1) is 0 Å². The Hall–Kier alpha value is -3.55. The van der Waals surface area contributed by atoms with Crippen molar-refractivity contribution in [3.05, 3.63) is 90.4 Å². The first-order chi connectivity index (χ1) is 16.0. The van der Waals surface area contributed by atoms with Crippen LogP contribution in [0.15, 0.2) is 79.1 Å². The van der Waals surface area contributed by atoms with Crippen LogP contribution in [0.1, 0.15) is 29.9 Å². The van der Waals surface area contributed by atoms with Gasteiger partial charge < -0.3 is 14.4 Å². The molecule has 2 aromatic carbocycles. The molecule has 168 valence electrons. The lowest BCUT2D eigenvalue weighted by atomic mass is 10.1. The maximum Gasteiger partial charge on any atom is 0.254 e. The van der Waals surface area contributed by atoms with E-state index in [1.165, 1.54) is 0 Å². The van der Waals surface area contributed by atoms with Gasteiger partial charge in [-0.25, -0.2) is 4.68 Å². The summed E-state index contributed by atoms with van der Waals surface area (Å²) in [5.41, 5.74) is 3.33. The lowest BCUT2D eigenvalue weighted by molar-refractivity contribution is -0.139. The van der Waals surface area contributed by atoms with E-state index in [1.54, 1.807) is 12.4 Å². The van der Waals surface area contributed by atoms with Crippen molar-refractivity contribution in [3.63, 3.8) is 0 Å². The van der Waals surface area contributed by atoms with Gasteiger partial charge in [0, 0.05) is 23.3 Å². The highest BCUT2D eigenvalue weighted by atomic mass is 16.7. The minimum atomic E-state index is -0.653. The molecule has 0 bridgehead atoms.